The normalized spacial score (nSPS) is 22.3. The van der Waals surface area contributed by atoms with Crippen LogP contribution in [0.4, 0.5) is 0 Å². The summed E-state index contributed by atoms with van der Waals surface area (Å²) < 4.78 is 0. The maximum Gasteiger partial charge on any atom is 0.0267 e. The number of hydrogen-bond donors (Lipinski definition) is 2. The first-order chi connectivity index (χ1) is 11.0. The Morgan fingerprint density at radius 2 is 2.22 bits per heavy atom. The van der Waals surface area contributed by atoms with Crippen LogP contribution in [-0.2, 0) is 0 Å². The van der Waals surface area contributed by atoms with Gasteiger partial charge in [0.05, 0.1) is 0 Å². The van der Waals surface area contributed by atoms with Crippen molar-refractivity contribution < 1.29 is 0 Å². The van der Waals surface area contributed by atoms with E-state index >= 15 is 0 Å². The van der Waals surface area contributed by atoms with Gasteiger partial charge in [-0.3, -0.25) is 0 Å². The van der Waals surface area contributed by atoms with Crippen LogP contribution in [0.5, 0.6) is 0 Å². The van der Waals surface area contributed by atoms with Crippen LogP contribution >= 0.6 is 0 Å². The molecule has 0 aromatic heterocycles. The Hall–Kier alpha value is -1.38. The first kappa shape index (κ1) is 19.7. The molecule has 0 fully saturated rings. The molecule has 0 saturated heterocycles. The molecule has 2 unspecified atom stereocenters. The highest BCUT2D eigenvalue weighted by Gasteiger charge is 2.26. The molecule has 23 heavy (non-hydrogen) atoms. The molecule has 0 saturated carbocycles. The quantitative estimate of drug-likeness (QED) is 0.569. The fourth-order valence-electron chi connectivity index (χ4n) is 2.92. The average Bonchev–Trinajstić information content (AvgIpc) is 2.51. The summed E-state index contributed by atoms with van der Waals surface area (Å²) in [6.07, 6.45) is 23.3. The van der Waals surface area contributed by atoms with Gasteiger partial charge in [0, 0.05) is 11.6 Å². The maximum absolute atomic E-state index is 6.53. The number of hydrogen-bond acceptors (Lipinski definition) is 2. The monoisotopic (exact) mass is 314 g/mol. The van der Waals surface area contributed by atoms with Gasteiger partial charge in [-0.25, -0.2) is 0 Å². The molecule has 1 rings (SSSR count). The van der Waals surface area contributed by atoms with Gasteiger partial charge >= 0.3 is 0 Å². The molecule has 0 amide bonds. The van der Waals surface area contributed by atoms with Crippen molar-refractivity contribution in [2.24, 2.45) is 17.4 Å². The second kappa shape index (κ2) is 10.4. The van der Waals surface area contributed by atoms with E-state index in [4.69, 9.17) is 11.5 Å². The number of rotatable bonds is 10. The van der Waals surface area contributed by atoms with Crippen molar-refractivity contribution in [3.63, 3.8) is 0 Å². The minimum absolute atomic E-state index is 0.159. The standard InChI is InChI=1S/C21H34N2/c1-4-6-16-21(3,23)19(11-5-2)14-9-7-8-12-18-13-10-15-20(22)17-18/h4,8-10,12-14,17,19-20H,1,5-7,11,15-16,22-23H2,2-3H3/b12-8?,14-9-/t19?,20?,21-/m0/s1. The summed E-state index contributed by atoms with van der Waals surface area (Å²) in [6.45, 7) is 8.18. The van der Waals surface area contributed by atoms with Crippen molar-refractivity contribution in [2.45, 2.75) is 64.0 Å². The Balaban J connectivity index is 2.54. The van der Waals surface area contributed by atoms with E-state index in [-0.39, 0.29) is 11.6 Å². The summed E-state index contributed by atoms with van der Waals surface area (Å²) in [5.41, 5.74) is 13.5. The van der Waals surface area contributed by atoms with Gasteiger partial charge in [-0.15, -0.1) is 6.58 Å². The Bertz CT molecular complexity index is 466. The van der Waals surface area contributed by atoms with Crippen molar-refractivity contribution in [2.75, 3.05) is 0 Å². The lowest BCUT2D eigenvalue weighted by Gasteiger charge is -2.32. The van der Waals surface area contributed by atoms with Crippen LogP contribution in [0, 0.1) is 5.92 Å². The highest BCUT2D eigenvalue weighted by Crippen LogP contribution is 2.26. The van der Waals surface area contributed by atoms with Crippen LogP contribution in [-0.4, -0.2) is 11.6 Å². The molecule has 4 N–H and O–H groups in total. The van der Waals surface area contributed by atoms with Gasteiger partial charge in [0.15, 0.2) is 0 Å². The highest BCUT2D eigenvalue weighted by atomic mass is 14.7. The Kier molecular flexibility index (Phi) is 8.90. The molecule has 3 atom stereocenters. The minimum Gasteiger partial charge on any atom is -0.325 e. The zero-order valence-corrected chi connectivity index (χ0v) is 14.9. The lowest BCUT2D eigenvalue weighted by atomic mass is 9.79. The third kappa shape index (κ3) is 7.62. The molecule has 0 radical (unpaired) electrons. The number of nitrogens with two attached hydrogens (primary N) is 2. The van der Waals surface area contributed by atoms with Gasteiger partial charge in [0.2, 0.25) is 0 Å². The second-order valence-corrected chi connectivity index (χ2v) is 6.76. The van der Waals surface area contributed by atoms with Crippen LogP contribution in [0.1, 0.15) is 52.4 Å². The smallest absolute Gasteiger partial charge is 0.0267 e. The van der Waals surface area contributed by atoms with Crippen molar-refractivity contribution >= 4 is 0 Å². The van der Waals surface area contributed by atoms with Crippen molar-refractivity contribution in [1.29, 1.82) is 0 Å². The van der Waals surface area contributed by atoms with E-state index in [1.807, 2.05) is 6.08 Å². The summed E-state index contributed by atoms with van der Waals surface area (Å²) in [6, 6.07) is 0.159. The molecule has 0 aromatic carbocycles. The molecule has 128 valence electrons. The van der Waals surface area contributed by atoms with Crippen LogP contribution in [0.15, 0.2) is 60.8 Å². The fraction of sp³-hybridized carbons (Fsp3) is 0.524. The third-order valence-corrected chi connectivity index (χ3v) is 4.41. The van der Waals surface area contributed by atoms with Gasteiger partial charge < -0.3 is 11.5 Å². The van der Waals surface area contributed by atoms with E-state index < -0.39 is 0 Å². The third-order valence-electron chi connectivity index (χ3n) is 4.41. The van der Waals surface area contributed by atoms with Gasteiger partial charge in [-0.2, -0.15) is 0 Å². The van der Waals surface area contributed by atoms with Crippen LogP contribution in [0.25, 0.3) is 0 Å². The van der Waals surface area contributed by atoms with E-state index in [1.54, 1.807) is 0 Å². The Morgan fingerprint density at radius 3 is 2.87 bits per heavy atom. The van der Waals surface area contributed by atoms with Gasteiger partial charge in [-0.05, 0) is 50.5 Å². The van der Waals surface area contributed by atoms with Gasteiger partial charge in [-0.1, -0.05) is 62.0 Å². The van der Waals surface area contributed by atoms with E-state index in [0.717, 1.165) is 38.5 Å². The largest absolute Gasteiger partial charge is 0.325 e. The first-order valence-electron chi connectivity index (χ1n) is 8.86. The molecule has 0 aliphatic heterocycles. The zero-order valence-electron chi connectivity index (χ0n) is 14.9. The summed E-state index contributed by atoms with van der Waals surface area (Å²) in [5.74, 6) is 0.420. The molecule has 0 heterocycles. The average molecular weight is 315 g/mol. The van der Waals surface area contributed by atoms with Crippen molar-refractivity contribution in [3.8, 4) is 0 Å². The van der Waals surface area contributed by atoms with Gasteiger partial charge in [0.1, 0.15) is 0 Å². The van der Waals surface area contributed by atoms with E-state index in [2.05, 4.69) is 63.0 Å². The van der Waals surface area contributed by atoms with Crippen LogP contribution in [0.2, 0.25) is 0 Å². The summed E-state index contributed by atoms with van der Waals surface area (Å²) >= 11 is 0. The molecule has 0 aromatic rings. The Labute approximate surface area is 142 Å². The van der Waals surface area contributed by atoms with E-state index in [0.29, 0.717) is 5.92 Å². The molecular weight excluding hydrogens is 280 g/mol. The molecule has 0 bridgehead atoms. The molecule has 2 heteroatoms. The van der Waals surface area contributed by atoms with Gasteiger partial charge in [0.25, 0.3) is 0 Å². The highest BCUT2D eigenvalue weighted by molar-refractivity contribution is 5.35. The lowest BCUT2D eigenvalue weighted by molar-refractivity contribution is 0.310. The summed E-state index contributed by atoms with van der Waals surface area (Å²) in [4.78, 5) is 0. The van der Waals surface area contributed by atoms with Crippen molar-refractivity contribution in [1.82, 2.24) is 0 Å². The van der Waals surface area contributed by atoms with Crippen LogP contribution < -0.4 is 11.5 Å². The summed E-state index contributed by atoms with van der Waals surface area (Å²) in [5, 5.41) is 0. The Morgan fingerprint density at radius 1 is 1.43 bits per heavy atom. The first-order valence-corrected chi connectivity index (χ1v) is 8.86. The molecule has 0 spiro atoms. The molecule has 1 aliphatic carbocycles. The minimum atomic E-state index is -0.161. The molecular formula is C21H34N2. The van der Waals surface area contributed by atoms with E-state index in [9.17, 15) is 0 Å². The predicted octanol–water partition coefficient (Wildman–Crippen LogP) is 4.80. The van der Waals surface area contributed by atoms with Crippen molar-refractivity contribution in [3.05, 3.63) is 60.8 Å². The zero-order chi connectivity index (χ0) is 17.1. The van der Waals surface area contributed by atoms with E-state index in [1.165, 1.54) is 5.57 Å². The topological polar surface area (TPSA) is 52.0 Å². The predicted molar refractivity (Wildman–Crippen MR) is 103 cm³/mol. The second-order valence-electron chi connectivity index (χ2n) is 6.76. The SMILES string of the molecule is C=CCC[C@](C)(N)C(/C=C\CC=CC1=CC(N)CC=C1)CCC. The fourth-order valence-corrected chi connectivity index (χ4v) is 2.92. The number of allylic oxidation sites excluding steroid dienone is 6. The maximum atomic E-state index is 6.53. The molecule has 2 nitrogen and oxygen atoms in total. The van der Waals surface area contributed by atoms with Crippen LogP contribution in [0.3, 0.4) is 0 Å². The lowest BCUT2D eigenvalue weighted by Crippen LogP contribution is -2.43. The summed E-state index contributed by atoms with van der Waals surface area (Å²) in [7, 11) is 0. The molecule has 1 aliphatic rings.